The van der Waals surface area contributed by atoms with Crippen molar-refractivity contribution in [1.29, 1.82) is 0 Å². The van der Waals surface area contributed by atoms with Crippen LogP contribution in [0.15, 0.2) is 48.5 Å². The number of halogens is 1. The van der Waals surface area contributed by atoms with Crippen LogP contribution < -0.4 is 4.74 Å². The minimum atomic E-state index is -0.620. The minimum absolute atomic E-state index is 0.348. The molecule has 0 bridgehead atoms. The molecule has 2 aromatic rings. The van der Waals surface area contributed by atoms with E-state index in [1.54, 1.807) is 13.8 Å². The number of carbonyl (C=O) groups excluding carboxylic acids is 1. The Morgan fingerprint density at radius 1 is 1.04 bits per heavy atom. The van der Waals surface area contributed by atoms with Gasteiger partial charge in [0.05, 0.1) is 6.61 Å². The smallest absolute Gasteiger partial charge is 0.347 e. The van der Waals surface area contributed by atoms with Gasteiger partial charge in [-0.05, 0) is 49.2 Å². The average molecular weight is 331 g/mol. The van der Waals surface area contributed by atoms with Crippen LogP contribution in [0.3, 0.4) is 0 Å². The van der Waals surface area contributed by atoms with Gasteiger partial charge in [0, 0.05) is 5.02 Å². The second kappa shape index (κ2) is 8.39. The van der Waals surface area contributed by atoms with Crippen LogP contribution in [0.25, 0.3) is 12.2 Å². The number of hydrogen-bond donors (Lipinski definition) is 0. The van der Waals surface area contributed by atoms with Gasteiger partial charge in [0.2, 0.25) is 0 Å². The summed E-state index contributed by atoms with van der Waals surface area (Å²) in [6, 6.07) is 15.1. The van der Waals surface area contributed by atoms with Crippen molar-refractivity contribution >= 4 is 29.7 Å². The number of carbonyl (C=O) groups is 1. The third-order valence-electron chi connectivity index (χ3n) is 3.15. The molecule has 23 heavy (non-hydrogen) atoms. The Morgan fingerprint density at radius 2 is 1.57 bits per heavy atom. The summed E-state index contributed by atoms with van der Waals surface area (Å²) in [5.74, 6) is 0.272. The average Bonchev–Trinajstić information content (AvgIpc) is 2.56. The third kappa shape index (κ3) is 5.46. The number of esters is 1. The van der Waals surface area contributed by atoms with Crippen molar-refractivity contribution in [3.8, 4) is 5.75 Å². The topological polar surface area (TPSA) is 35.5 Å². The van der Waals surface area contributed by atoms with Crippen LogP contribution >= 0.6 is 11.6 Å². The zero-order valence-electron chi connectivity index (χ0n) is 13.2. The third-order valence-corrected chi connectivity index (χ3v) is 3.40. The molecule has 1 atom stereocenters. The van der Waals surface area contributed by atoms with Crippen molar-refractivity contribution < 1.29 is 14.3 Å². The molecule has 0 aliphatic rings. The summed E-state index contributed by atoms with van der Waals surface area (Å²) in [5, 5.41) is 0.722. The summed E-state index contributed by atoms with van der Waals surface area (Å²) in [6.45, 7) is 3.79. The molecule has 3 nitrogen and oxygen atoms in total. The van der Waals surface area contributed by atoms with Gasteiger partial charge in [0.1, 0.15) is 5.75 Å². The van der Waals surface area contributed by atoms with Crippen molar-refractivity contribution in [2.24, 2.45) is 0 Å². The maximum absolute atomic E-state index is 11.5. The molecule has 2 aromatic carbocycles. The predicted molar refractivity (Wildman–Crippen MR) is 93.5 cm³/mol. The highest BCUT2D eigenvalue weighted by atomic mass is 35.5. The van der Waals surface area contributed by atoms with Gasteiger partial charge < -0.3 is 9.47 Å². The Hall–Kier alpha value is -2.26. The van der Waals surface area contributed by atoms with Crippen LogP contribution in [0.1, 0.15) is 25.0 Å². The van der Waals surface area contributed by atoms with Gasteiger partial charge in [-0.15, -0.1) is 0 Å². The van der Waals surface area contributed by atoms with E-state index < -0.39 is 6.10 Å². The van der Waals surface area contributed by atoms with Crippen LogP contribution in [0.2, 0.25) is 5.02 Å². The first kappa shape index (κ1) is 17.1. The molecule has 1 unspecified atom stereocenters. The largest absolute Gasteiger partial charge is 0.479 e. The summed E-state index contributed by atoms with van der Waals surface area (Å²) >= 11 is 5.86. The van der Waals surface area contributed by atoms with Crippen LogP contribution in [-0.2, 0) is 9.53 Å². The molecule has 2 rings (SSSR count). The van der Waals surface area contributed by atoms with Crippen LogP contribution in [0.4, 0.5) is 0 Å². The second-order valence-corrected chi connectivity index (χ2v) is 5.40. The second-order valence-electron chi connectivity index (χ2n) is 4.97. The Bertz CT molecular complexity index is 660. The molecule has 0 amide bonds. The van der Waals surface area contributed by atoms with Gasteiger partial charge in [-0.1, -0.05) is 48.0 Å². The van der Waals surface area contributed by atoms with Crippen molar-refractivity contribution in [3.63, 3.8) is 0 Å². The normalized spacial score (nSPS) is 12.1. The van der Waals surface area contributed by atoms with E-state index in [0.717, 1.165) is 16.1 Å². The van der Waals surface area contributed by atoms with Gasteiger partial charge in [0.25, 0.3) is 0 Å². The SMILES string of the molecule is CCOC(=O)C(C)Oc1ccc(/C=C/c2ccc(Cl)cc2)cc1. The van der Waals surface area contributed by atoms with Gasteiger partial charge in [-0.25, -0.2) is 4.79 Å². The number of benzene rings is 2. The summed E-state index contributed by atoms with van der Waals surface area (Å²) in [6.07, 6.45) is 3.39. The lowest BCUT2D eigenvalue weighted by Crippen LogP contribution is -2.25. The molecule has 0 aliphatic heterocycles. The lowest BCUT2D eigenvalue weighted by molar-refractivity contribution is -0.150. The van der Waals surface area contributed by atoms with E-state index in [-0.39, 0.29) is 5.97 Å². The van der Waals surface area contributed by atoms with E-state index in [9.17, 15) is 4.79 Å². The number of rotatable bonds is 6. The molecule has 0 heterocycles. The van der Waals surface area contributed by atoms with Gasteiger partial charge in [0.15, 0.2) is 6.10 Å². The van der Waals surface area contributed by atoms with Crippen LogP contribution in [0, 0.1) is 0 Å². The maximum Gasteiger partial charge on any atom is 0.347 e. The van der Waals surface area contributed by atoms with E-state index in [1.165, 1.54) is 0 Å². The first-order valence-corrected chi connectivity index (χ1v) is 7.83. The highest BCUT2D eigenvalue weighted by Crippen LogP contribution is 2.17. The Balaban J connectivity index is 1.96. The first-order chi connectivity index (χ1) is 11.1. The Morgan fingerprint density at radius 3 is 2.09 bits per heavy atom. The highest BCUT2D eigenvalue weighted by molar-refractivity contribution is 6.30. The standard InChI is InChI=1S/C19H19ClO3/c1-3-22-19(21)14(2)23-18-12-8-16(9-13-18)5-4-15-6-10-17(20)11-7-15/h4-14H,3H2,1-2H3/b5-4+. The van der Waals surface area contributed by atoms with Crippen molar-refractivity contribution in [2.75, 3.05) is 6.61 Å². The van der Waals surface area contributed by atoms with Gasteiger partial charge in [-0.3, -0.25) is 0 Å². The molecular weight excluding hydrogens is 312 g/mol. The molecule has 120 valence electrons. The van der Waals surface area contributed by atoms with Gasteiger partial charge in [-0.2, -0.15) is 0 Å². The lowest BCUT2D eigenvalue weighted by atomic mass is 10.1. The molecule has 0 spiro atoms. The monoisotopic (exact) mass is 330 g/mol. The fourth-order valence-corrected chi connectivity index (χ4v) is 2.06. The lowest BCUT2D eigenvalue weighted by Gasteiger charge is -2.13. The molecule has 0 fully saturated rings. The minimum Gasteiger partial charge on any atom is -0.479 e. The highest BCUT2D eigenvalue weighted by Gasteiger charge is 2.15. The zero-order valence-corrected chi connectivity index (χ0v) is 13.9. The molecule has 0 aliphatic carbocycles. The Kier molecular flexibility index (Phi) is 6.24. The fourth-order valence-electron chi connectivity index (χ4n) is 1.94. The van der Waals surface area contributed by atoms with Crippen LogP contribution in [0.5, 0.6) is 5.75 Å². The van der Waals surface area contributed by atoms with Crippen molar-refractivity contribution in [3.05, 3.63) is 64.7 Å². The molecule has 0 saturated carbocycles. The van der Waals surface area contributed by atoms with Crippen molar-refractivity contribution in [2.45, 2.75) is 20.0 Å². The fraction of sp³-hybridized carbons (Fsp3) is 0.211. The molecule has 0 radical (unpaired) electrons. The maximum atomic E-state index is 11.5. The first-order valence-electron chi connectivity index (χ1n) is 7.45. The summed E-state index contributed by atoms with van der Waals surface area (Å²) in [7, 11) is 0. The van der Waals surface area contributed by atoms with E-state index in [1.807, 2.05) is 60.7 Å². The van der Waals surface area contributed by atoms with E-state index in [2.05, 4.69) is 0 Å². The molecule has 0 N–H and O–H groups in total. The van der Waals surface area contributed by atoms with E-state index in [0.29, 0.717) is 12.4 Å². The summed E-state index contributed by atoms with van der Waals surface area (Å²) in [4.78, 5) is 11.5. The molecule has 0 saturated heterocycles. The van der Waals surface area contributed by atoms with E-state index in [4.69, 9.17) is 21.1 Å². The molecule has 4 heteroatoms. The van der Waals surface area contributed by atoms with Crippen LogP contribution in [-0.4, -0.2) is 18.7 Å². The van der Waals surface area contributed by atoms with E-state index >= 15 is 0 Å². The quantitative estimate of drug-likeness (QED) is 0.561. The molecule has 0 aromatic heterocycles. The zero-order chi connectivity index (χ0) is 16.7. The van der Waals surface area contributed by atoms with Gasteiger partial charge >= 0.3 is 5.97 Å². The number of ether oxygens (including phenoxy) is 2. The summed E-state index contributed by atoms with van der Waals surface area (Å²) in [5.41, 5.74) is 2.11. The molecular formula is C19H19ClO3. The number of hydrogen-bond acceptors (Lipinski definition) is 3. The van der Waals surface area contributed by atoms with Crippen molar-refractivity contribution in [1.82, 2.24) is 0 Å². The predicted octanol–water partition coefficient (Wildman–Crippen LogP) is 4.84. The Labute approximate surface area is 141 Å². The summed E-state index contributed by atoms with van der Waals surface area (Å²) < 4.78 is 10.5.